The third kappa shape index (κ3) is 2.75. The average molecular weight is 356 g/mol. The highest BCUT2D eigenvalue weighted by molar-refractivity contribution is 6.44. The molecule has 1 aromatic rings. The summed E-state index contributed by atoms with van der Waals surface area (Å²) in [6.07, 6.45) is 0.332. The molecular weight excluding hydrogens is 346 g/mol. The molecule has 2 heterocycles. The number of carbonyl (C=O) groups is 2. The standard InChI is InChI=1S/C12H10Cl4N2O2/c13-5-7-1-2-8(17-10(7)15)18-9(19)3-4-12(16,6-14)11(18)20/h1-2H,3-6H2. The first-order valence-electron chi connectivity index (χ1n) is 5.76. The minimum atomic E-state index is -1.28. The largest absolute Gasteiger partial charge is 0.274 e. The summed E-state index contributed by atoms with van der Waals surface area (Å²) in [5, 5.41) is 0.148. The van der Waals surface area contributed by atoms with Crippen LogP contribution in [0.3, 0.4) is 0 Å². The van der Waals surface area contributed by atoms with E-state index >= 15 is 0 Å². The number of nitrogens with zero attached hydrogens (tertiary/aromatic N) is 2. The summed E-state index contributed by atoms with van der Waals surface area (Å²) in [5.74, 6) is -0.709. The summed E-state index contributed by atoms with van der Waals surface area (Å²) in [7, 11) is 0. The summed E-state index contributed by atoms with van der Waals surface area (Å²) in [6.45, 7) is 0. The van der Waals surface area contributed by atoms with Crippen LogP contribution >= 0.6 is 46.4 Å². The van der Waals surface area contributed by atoms with Crippen LogP contribution in [0.25, 0.3) is 0 Å². The van der Waals surface area contributed by atoms with Gasteiger partial charge in [0.15, 0.2) is 0 Å². The van der Waals surface area contributed by atoms with Crippen LogP contribution in [0.1, 0.15) is 18.4 Å². The number of pyridine rings is 1. The fraction of sp³-hybridized carbons (Fsp3) is 0.417. The maximum atomic E-state index is 12.3. The Morgan fingerprint density at radius 3 is 2.55 bits per heavy atom. The van der Waals surface area contributed by atoms with Gasteiger partial charge in [-0.3, -0.25) is 9.59 Å². The predicted molar refractivity (Wildman–Crippen MR) is 79.8 cm³/mol. The number of hydrogen-bond donors (Lipinski definition) is 0. The van der Waals surface area contributed by atoms with E-state index in [0.717, 1.165) is 4.90 Å². The minimum Gasteiger partial charge on any atom is -0.274 e. The van der Waals surface area contributed by atoms with E-state index in [0.29, 0.717) is 5.56 Å². The van der Waals surface area contributed by atoms with E-state index in [4.69, 9.17) is 46.4 Å². The van der Waals surface area contributed by atoms with Crippen molar-refractivity contribution in [2.75, 3.05) is 10.8 Å². The van der Waals surface area contributed by atoms with E-state index < -0.39 is 10.8 Å². The molecular formula is C12H10Cl4N2O2. The molecule has 1 aliphatic rings. The number of halogens is 4. The van der Waals surface area contributed by atoms with Gasteiger partial charge in [-0.25, -0.2) is 9.88 Å². The van der Waals surface area contributed by atoms with Crippen LogP contribution < -0.4 is 4.90 Å². The topological polar surface area (TPSA) is 50.3 Å². The Bertz CT molecular complexity index is 566. The van der Waals surface area contributed by atoms with E-state index in [9.17, 15) is 9.59 Å². The molecule has 0 N–H and O–H groups in total. The highest BCUT2D eigenvalue weighted by Gasteiger charge is 2.46. The second kappa shape index (κ2) is 6.06. The zero-order valence-electron chi connectivity index (χ0n) is 10.2. The molecule has 1 atom stereocenters. The number of anilines is 1. The Morgan fingerprint density at radius 2 is 2.00 bits per heavy atom. The monoisotopic (exact) mass is 354 g/mol. The van der Waals surface area contributed by atoms with Gasteiger partial charge < -0.3 is 0 Å². The fourth-order valence-corrected chi connectivity index (χ4v) is 2.80. The molecule has 0 spiro atoms. The summed E-state index contributed by atoms with van der Waals surface area (Å²) >= 11 is 23.5. The SMILES string of the molecule is O=C1CCC(Cl)(CCl)C(=O)N1c1ccc(CCl)c(Cl)n1. The lowest BCUT2D eigenvalue weighted by atomic mass is 9.97. The molecule has 108 valence electrons. The van der Waals surface area contributed by atoms with Crippen molar-refractivity contribution in [3.05, 3.63) is 22.8 Å². The van der Waals surface area contributed by atoms with Gasteiger partial charge in [-0.05, 0) is 12.5 Å². The van der Waals surface area contributed by atoms with Crippen molar-refractivity contribution in [1.82, 2.24) is 4.98 Å². The molecule has 0 bridgehead atoms. The number of piperidine rings is 1. The molecule has 1 aliphatic heterocycles. The van der Waals surface area contributed by atoms with Gasteiger partial charge in [0.2, 0.25) is 5.91 Å². The molecule has 0 aromatic carbocycles. The Balaban J connectivity index is 2.41. The van der Waals surface area contributed by atoms with Gasteiger partial charge in [-0.15, -0.1) is 34.8 Å². The zero-order chi connectivity index (χ0) is 14.9. The number of carbonyl (C=O) groups excluding carboxylic acids is 2. The first-order chi connectivity index (χ1) is 9.42. The highest BCUT2D eigenvalue weighted by atomic mass is 35.5. The van der Waals surface area contributed by atoms with Crippen LogP contribution in [0.5, 0.6) is 0 Å². The van der Waals surface area contributed by atoms with Crippen LogP contribution in [0.4, 0.5) is 5.82 Å². The lowest BCUT2D eigenvalue weighted by molar-refractivity contribution is -0.130. The molecule has 1 saturated heterocycles. The number of rotatable bonds is 3. The first kappa shape index (κ1) is 15.8. The maximum Gasteiger partial charge on any atom is 0.257 e. The second-order valence-electron chi connectivity index (χ2n) is 4.39. The van der Waals surface area contributed by atoms with Gasteiger partial charge >= 0.3 is 0 Å². The van der Waals surface area contributed by atoms with Gasteiger partial charge in [0.25, 0.3) is 5.91 Å². The van der Waals surface area contributed by atoms with E-state index in [1.165, 1.54) is 6.07 Å². The molecule has 1 aromatic heterocycles. The molecule has 1 unspecified atom stereocenters. The van der Waals surface area contributed by atoms with Crippen molar-refractivity contribution in [2.24, 2.45) is 0 Å². The van der Waals surface area contributed by atoms with E-state index in [1.807, 2.05) is 0 Å². The number of aromatic nitrogens is 1. The van der Waals surface area contributed by atoms with Crippen LogP contribution in [0.15, 0.2) is 12.1 Å². The molecule has 4 nitrogen and oxygen atoms in total. The Morgan fingerprint density at radius 1 is 1.30 bits per heavy atom. The molecule has 2 rings (SSSR count). The van der Waals surface area contributed by atoms with Gasteiger partial charge in [-0.2, -0.15) is 0 Å². The molecule has 1 fully saturated rings. The third-order valence-electron chi connectivity index (χ3n) is 3.07. The van der Waals surface area contributed by atoms with Crippen molar-refractivity contribution >= 4 is 64.0 Å². The molecule has 0 radical (unpaired) electrons. The summed E-state index contributed by atoms with van der Waals surface area (Å²) in [4.78, 5) is 28.0. The maximum absolute atomic E-state index is 12.3. The molecule has 0 saturated carbocycles. The number of imide groups is 1. The van der Waals surface area contributed by atoms with Crippen LogP contribution in [-0.2, 0) is 15.5 Å². The molecule has 2 amide bonds. The van der Waals surface area contributed by atoms with E-state index in [-0.39, 0.29) is 41.5 Å². The number of hydrogen-bond acceptors (Lipinski definition) is 3. The van der Waals surface area contributed by atoms with Crippen molar-refractivity contribution in [3.8, 4) is 0 Å². The van der Waals surface area contributed by atoms with Gasteiger partial charge in [-0.1, -0.05) is 17.7 Å². The molecule has 0 aliphatic carbocycles. The minimum absolute atomic E-state index is 0.0787. The van der Waals surface area contributed by atoms with Gasteiger partial charge in [0.05, 0.1) is 11.8 Å². The Hall–Kier alpha value is -0.550. The number of amides is 2. The van der Waals surface area contributed by atoms with Crippen LogP contribution in [0, 0.1) is 0 Å². The smallest absolute Gasteiger partial charge is 0.257 e. The average Bonchev–Trinajstić information content (AvgIpc) is 2.44. The zero-order valence-corrected chi connectivity index (χ0v) is 13.2. The van der Waals surface area contributed by atoms with Crippen molar-refractivity contribution in [1.29, 1.82) is 0 Å². The molecule has 8 heteroatoms. The van der Waals surface area contributed by atoms with E-state index in [1.54, 1.807) is 6.07 Å². The summed E-state index contributed by atoms with van der Waals surface area (Å²) in [6, 6.07) is 3.12. The highest BCUT2D eigenvalue weighted by Crippen LogP contribution is 2.34. The quantitative estimate of drug-likeness (QED) is 0.474. The van der Waals surface area contributed by atoms with Gasteiger partial charge in [0, 0.05) is 12.0 Å². The van der Waals surface area contributed by atoms with Crippen molar-refractivity contribution in [2.45, 2.75) is 23.6 Å². The summed E-state index contributed by atoms with van der Waals surface area (Å²) < 4.78 is 0. The van der Waals surface area contributed by atoms with E-state index in [2.05, 4.69) is 4.98 Å². The summed E-state index contributed by atoms with van der Waals surface area (Å²) in [5.41, 5.74) is 0.614. The van der Waals surface area contributed by atoms with Crippen LogP contribution in [0.2, 0.25) is 5.15 Å². The van der Waals surface area contributed by atoms with Crippen LogP contribution in [-0.4, -0.2) is 27.6 Å². The lowest BCUT2D eigenvalue weighted by Gasteiger charge is -2.34. The molecule has 20 heavy (non-hydrogen) atoms. The lowest BCUT2D eigenvalue weighted by Crippen LogP contribution is -2.54. The first-order valence-corrected chi connectivity index (χ1v) is 7.59. The predicted octanol–water partition coefficient (Wildman–Crippen LogP) is 3.34. The third-order valence-corrected chi connectivity index (χ3v) is 4.76. The van der Waals surface area contributed by atoms with Crippen molar-refractivity contribution < 1.29 is 9.59 Å². The normalized spacial score (nSPS) is 23.3. The Kier molecular flexibility index (Phi) is 4.80. The van der Waals surface area contributed by atoms with Gasteiger partial charge in [0.1, 0.15) is 15.8 Å². The fourth-order valence-electron chi connectivity index (χ4n) is 1.87. The van der Waals surface area contributed by atoms with Crippen molar-refractivity contribution in [3.63, 3.8) is 0 Å². The number of alkyl halides is 3. The second-order valence-corrected chi connectivity index (χ2v) is 6.00. The Labute approximate surface area is 135 Å².